The van der Waals surface area contributed by atoms with E-state index in [-0.39, 0.29) is 5.82 Å². The van der Waals surface area contributed by atoms with Crippen molar-refractivity contribution in [2.75, 3.05) is 11.4 Å². The van der Waals surface area contributed by atoms with Crippen LogP contribution in [0.3, 0.4) is 0 Å². The van der Waals surface area contributed by atoms with Crippen LogP contribution in [-0.4, -0.2) is 11.5 Å². The number of halogens is 3. The minimum absolute atomic E-state index is 0.235. The summed E-state index contributed by atoms with van der Waals surface area (Å²) < 4.78 is 13.3. The molecule has 0 unspecified atom stereocenters. The summed E-state index contributed by atoms with van der Waals surface area (Å²) >= 11 is 13.2. The standard InChI is InChI=1S/C12H9Cl2FN2S/c13-6-10-11(14)16-12(18-10)17-4-3-7-1-2-8(15)5-9(7)17/h1-2,5H,3-4,6H2. The highest BCUT2D eigenvalue weighted by molar-refractivity contribution is 7.16. The van der Waals surface area contributed by atoms with Crippen molar-refractivity contribution in [1.29, 1.82) is 0 Å². The Bertz CT molecular complexity index is 600. The van der Waals surface area contributed by atoms with Gasteiger partial charge in [-0.2, -0.15) is 0 Å². The summed E-state index contributed by atoms with van der Waals surface area (Å²) in [6.07, 6.45) is 0.892. The topological polar surface area (TPSA) is 16.1 Å². The fourth-order valence-electron chi connectivity index (χ4n) is 2.07. The summed E-state index contributed by atoms with van der Waals surface area (Å²) in [6.45, 7) is 0.796. The molecule has 0 bridgehead atoms. The Morgan fingerprint density at radius 1 is 1.44 bits per heavy atom. The van der Waals surface area contributed by atoms with Crippen LogP contribution in [0, 0.1) is 5.82 Å². The maximum absolute atomic E-state index is 13.3. The molecular weight excluding hydrogens is 294 g/mol. The van der Waals surface area contributed by atoms with Crippen LogP contribution in [-0.2, 0) is 12.3 Å². The molecule has 0 saturated heterocycles. The lowest BCUT2D eigenvalue weighted by atomic mass is 10.2. The summed E-state index contributed by atoms with van der Waals surface area (Å²) in [5.74, 6) is 0.112. The van der Waals surface area contributed by atoms with Crippen molar-refractivity contribution >= 4 is 45.4 Å². The second-order valence-electron chi connectivity index (χ2n) is 4.02. The van der Waals surface area contributed by atoms with E-state index in [1.807, 2.05) is 11.0 Å². The molecule has 1 aromatic carbocycles. The molecule has 0 atom stereocenters. The third-order valence-electron chi connectivity index (χ3n) is 2.93. The largest absolute Gasteiger partial charge is 0.317 e. The van der Waals surface area contributed by atoms with E-state index in [1.54, 1.807) is 0 Å². The van der Waals surface area contributed by atoms with Crippen molar-refractivity contribution in [1.82, 2.24) is 4.98 Å². The zero-order chi connectivity index (χ0) is 12.7. The Morgan fingerprint density at radius 3 is 3.00 bits per heavy atom. The van der Waals surface area contributed by atoms with E-state index in [9.17, 15) is 4.39 Å². The number of aromatic nitrogens is 1. The Morgan fingerprint density at radius 2 is 2.28 bits per heavy atom. The molecule has 2 aromatic rings. The predicted molar refractivity (Wildman–Crippen MR) is 73.8 cm³/mol. The third kappa shape index (κ3) is 1.98. The molecule has 1 aliphatic rings. The minimum Gasteiger partial charge on any atom is -0.317 e. The quantitative estimate of drug-likeness (QED) is 0.766. The van der Waals surface area contributed by atoms with E-state index in [2.05, 4.69) is 4.98 Å². The molecule has 18 heavy (non-hydrogen) atoms. The van der Waals surface area contributed by atoms with Gasteiger partial charge in [-0.3, -0.25) is 0 Å². The van der Waals surface area contributed by atoms with Gasteiger partial charge in [-0.05, 0) is 24.1 Å². The third-order valence-corrected chi connectivity index (χ3v) is 4.86. The van der Waals surface area contributed by atoms with E-state index in [4.69, 9.17) is 23.2 Å². The minimum atomic E-state index is -0.235. The van der Waals surface area contributed by atoms with Crippen molar-refractivity contribution in [3.8, 4) is 0 Å². The number of fused-ring (bicyclic) bond motifs is 1. The zero-order valence-electron chi connectivity index (χ0n) is 9.29. The van der Waals surface area contributed by atoms with Gasteiger partial charge in [0, 0.05) is 12.2 Å². The summed E-state index contributed by atoms with van der Waals surface area (Å²) in [5, 5.41) is 1.22. The molecular formula is C12H9Cl2FN2S. The van der Waals surface area contributed by atoms with Gasteiger partial charge in [0.2, 0.25) is 0 Å². The van der Waals surface area contributed by atoms with Crippen LogP contribution in [0.2, 0.25) is 5.15 Å². The van der Waals surface area contributed by atoms with Gasteiger partial charge in [0.1, 0.15) is 11.0 Å². The van der Waals surface area contributed by atoms with Crippen LogP contribution >= 0.6 is 34.5 Å². The van der Waals surface area contributed by atoms with Crippen LogP contribution in [0.15, 0.2) is 18.2 Å². The van der Waals surface area contributed by atoms with E-state index in [1.165, 1.54) is 23.5 Å². The molecule has 3 rings (SSSR count). The SMILES string of the molecule is Fc1ccc2c(c1)N(c1nc(Cl)c(CCl)s1)CC2. The van der Waals surface area contributed by atoms with Crippen LogP contribution in [0.1, 0.15) is 10.4 Å². The maximum Gasteiger partial charge on any atom is 0.191 e. The average molecular weight is 303 g/mol. The van der Waals surface area contributed by atoms with Crippen LogP contribution in [0.4, 0.5) is 15.2 Å². The number of hydrogen-bond acceptors (Lipinski definition) is 3. The van der Waals surface area contributed by atoms with E-state index >= 15 is 0 Å². The number of rotatable bonds is 2. The highest BCUT2D eigenvalue weighted by Crippen LogP contribution is 2.39. The molecule has 1 aliphatic heterocycles. The predicted octanol–water partition coefficient (Wildman–Crippen LogP) is 4.37. The summed E-state index contributed by atoms with van der Waals surface area (Å²) in [5.41, 5.74) is 2.01. The van der Waals surface area contributed by atoms with Crippen LogP contribution < -0.4 is 4.90 Å². The van der Waals surface area contributed by atoms with Gasteiger partial charge >= 0.3 is 0 Å². The molecule has 0 fully saturated rings. The maximum atomic E-state index is 13.3. The van der Waals surface area contributed by atoms with E-state index in [0.29, 0.717) is 11.0 Å². The average Bonchev–Trinajstić information content (AvgIpc) is 2.91. The van der Waals surface area contributed by atoms with Gasteiger partial charge in [-0.15, -0.1) is 11.6 Å². The number of anilines is 2. The zero-order valence-corrected chi connectivity index (χ0v) is 11.6. The first-order valence-corrected chi connectivity index (χ1v) is 7.19. The summed E-state index contributed by atoms with van der Waals surface area (Å²) in [6, 6.07) is 4.85. The summed E-state index contributed by atoms with van der Waals surface area (Å²) in [4.78, 5) is 7.13. The molecule has 94 valence electrons. The highest BCUT2D eigenvalue weighted by Gasteiger charge is 2.24. The van der Waals surface area contributed by atoms with E-state index < -0.39 is 0 Å². The van der Waals surface area contributed by atoms with Crippen molar-refractivity contribution in [2.45, 2.75) is 12.3 Å². The van der Waals surface area contributed by atoms with E-state index in [0.717, 1.165) is 34.2 Å². The number of hydrogen-bond donors (Lipinski definition) is 0. The molecule has 0 spiro atoms. The van der Waals surface area contributed by atoms with Crippen molar-refractivity contribution in [3.63, 3.8) is 0 Å². The first-order valence-electron chi connectivity index (χ1n) is 5.46. The Balaban J connectivity index is 2.02. The molecule has 0 radical (unpaired) electrons. The first kappa shape index (κ1) is 12.2. The monoisotopic (exact) mass is 302 g/mol. The fraction of sp³-hybridized carbons (Fsp3) is 0.250. The molecule has 0 aliphatic carbocycles. The number of alkyl halides is 1. The molecule has 1 aromatic heterocycles. The number of benzene rings is 1. The van der Waals surface area contributed by atoms with Gasteiger partial charge in [0.05, 0.1) is 10.8 Å². The Kier molecular flexibility index (Phi) is 3.18. The lowest BCUT2D eigenvalue weighted by Crippen LogP contribution is -2.12. The molecule has 0 saturated carbocycles. The van der Waals surface area contributed by atoms with Gasteiger partial charge < -0.3 is 4.90 Å². The molecule has 0 amide bonds. The fourth-order valence-corrected chi connectivity index (χ4v) is 3.58. The van der Waals surface area contributed by atoms with Crippen molar-refractivity contribution in [3.05, 3.63) is 39.6 Å². The molecule has 2 nitrogen and oxygen atoms in total. The smallest absolute Gasteiger partial charge is 0.191 e. The molecule has 6 heteroatoms. The number of nitrogens with zero attached hydrogens (tertiary/aromatic N) is 2. The second kappa shape index (κ2) is 4.68. The second-order valence-corrected chi connectivity index (χ2v) is 5.71. The lowest BCUT2D eigenvalue weighted by Gasteiger charge is -2.15. The van der Waals surface area contributed by atoms with Crippen LogP contribution in [0.5, 0.6) is 0 Å². The summed E-state index contributed by atoms with van der Waals surface area (Å²) in [7, 11) is 0. The van der Waals surface area contributed by atoms with Gasteiger partial charge in [0.15, 0.2) is 5.13 Å². The van der Waals surface area contributed by atoms with Crippen molar-refractivity contribution < 1.29 is 4.39 Å². The van der Waals surface area contributed by atoms with Crippen LogP contribution in [0.25, 0.3) is 0 Å². The Hall–Kier alpha value is -0.840. The molecule has 0 N–H and O–H groups in total. The lowest BCUT2D eigenvalue weighted by molar-refractivity contribution is 0.628. The normalized spacial score (nSPS) is 14.1. The van der Waals surface area contributed by atoms with Crippen molar-refractivity contribution in [2.24, 2.45) is 0 Å². The number of thiazole rings is 1. The van der Waals surface area contributed by atoms with Gasteiger partial charge in [-0.25, -0.2) is 9.37 Å². The molecule has 2 heterocycles. The van der Waals surface area contributed by atoms with Gasteiger partial charge in [-0.1, -0.05) is 29.0 Å². The first-order chi connectivity index (χ1) is 8.69. The van der Waals surface area contributed by atoms with Gasteiger partial charge in [0.25, 0.3) is 0 Å². The Labute approximate surface area is 118 Å². The highest BCUT2D eigenvalue weighted by atomic mass is 35.5.